The van der Waals surface area contributed by atoms with Crippen molar-refractivity contribution >= 4 is 5.97 Å². The van der Waals surface area contributed by atoms with Gasteiger partial charge < -0.3 is 9.90 Å². The molecule has 0 amide bonds. The van der Waals surface area contributed by atoms with Gasteiger partial charge in [-0.05, 0) is 0 Å². The minimum Gasteiger partial charge on any atom is -0.542 e. The van der Waals surface area contributed by atoms with Crippen molar-refractivity contribution in [2.45, 2.75) is 6.18 Å². The first-order valence-corrected chi connectivity index (χ1v) is 1.23. The summed E-state index contributed by atoms with van der Waals surface area (Å²) in [6, 6.07) is 0. The van der Waals surface area contributed by atoms with Crippen molar-refractivity contribution in [2.24, 2.45) is 0 Å². The largest absolute Gasteiger partial charge is 2.00 e. The molecule has 0 heterocycles. The van der Waals surface area contributed by atoms with Crippen LogP contribution in [0.1, 0.15) is 0 Å². The smallest absolute Gasteiger partial charge is 0.542 e. The van der Waals surface area contributed by atoms with Crippen LogP contribution in [0.4, 0.5) is 13.2 Å². The first-order chi connectivity index (χ1) is 2.94. The number of aliphatic carboxylic acids is 1. The van der Waals surface area contributed by atoms with E-state index in [4.69, 9.17) is 9.90 Å². The maximum absolute atomic E-state index is 10.5. The Morgan fingerprint density at radius 1 is 1.38 bits per heavy atom. The fourth-order valence-electron chi connectivity index (χ4n) is 0. The number of carbonyl (C=O) groups excluding carboxylic acids is 1. The Hall–Kier alpha value is -0.117. The van der Waals surface area contributed by atoms with Crippen LogP contribution in [-0.4, -0.2) is 12.1 Å². The Morgan fingerprint density at radius 2 is 1.50 bits per heavy atom. The third kappa shape index (κ3) is 4.05. The molecule has 2 nitrogen and oxygen atoms in total. The second-order valence-electron chi connectivity index (χ2n) is 0.785. The quantitative estimate of drug-likeness (QED) is 0.502. The molecule has 0 aliphatic rings. The van der Waals surface area contributed by atoms with Crippen molar-refractivity contribution < 1.29 is 42.6 Å². The molecule has 6 heteroatoms. The first kappa shape index (κ1) is 10.8. The van der Waals surface area contributed by atoms with E-state index in [1.807, 2.05) is 0 Å². The van der Waals surface area contributed by atoms with Gasteiger partial charge in [-0.25, -0.2) is 0 Å². The van der Waals surface area contributed by atoms with Crippen LogP contribution in [0.2, 0.25) is 0 Å². The third-order valence-corrected chi connectivity index (χ3v) is 0.231. The molecule has 0 aliphatic heterocycles. The van der Waals surface area contributed by atoms with E-state index in [9.17, 15) is 13.2 Å². The second-order valence-corrected chi connectivity index (χ2v) is 0.785. The van der Waals surface area contributed by atoms with Crippen LogP contribution >= 0.6 is 0 Å². The van der Waals surface area contributed by atoms with Gasteiger partial charge >= 0.3 is 25.7 Å². The molecule has 0 aliphatic carbocycles. The Kier molecular flexibility index (Phi) is 4.07. The van der Waals surface area contributed by atoms with E-state index in [-0.39, 0.29) is 19.5 Å². The monoisotopic (exact) mass is 216 g/mol. The molecule has 0 atom stereocenters. The van der Waals surface area contributed by atoms with Gasteiger partial charge in [0.25, 0.3) is 0 Å². The average molecular weight is 216 g/mol. The van der Waals surface area contributed by atoms with Gasteiger partial charge in [0.1, 0.15) is 5.97 Å². The number of carboxylic acid groups (broad SMARTS) is 1. The van der Waals surface area contributed by atoms with Gasteiger partial charge in [-0.2, -0.15) is 13.2 Å². The van der Waals surface area contributed by atoms with Crippen LogP contribution < -0.4 is 5.11 Å². The number of carbonyl (C=O) groups is 1. The van der Waals surface area contributed by atoms with Crippen molar-refractivity contribution in [1.82, 2.24) is 0 Å². The van der Waals surface area contributed by atoms with Gasteiger partial charge in [-0.15, -0.1) is 0 Å². The van der Waals surface area contributed by atoms with Crippen LogP contribution in [0, 0.1) is 0 Å². The molecule has 0 bridgehead atoms. The molecular weight excluding hydrogens is 216 g/mol. The molecule has 0 fully saturated rings. The van der Waals surface area contributed by atoms with Gasteiger partial charge in [-0.1, -0.05) is 0 Å². The summed E-state index contributed by atoms with van der Waals surface area (Å²) < 4.78 is 31.5. The Labute approximate surface area is 55.4 Å². The normalized spacial score (nSPS) is 9.88. The molecule has 0 aromatic rings. The summed E-state index contributed by atoms with van der Waals surface area (Å²) in [5.41, 5.74) is 0. The van der Waals surface area contributed by atoms with Gasteiger partial charge in [0.15, 0.2) is 0 Å². The third-order valence-electron chi connectivity index (χ3n) is 0.231. The molecule has 0 aromatic carbocycles. The maximum Gasteiger partial charge on any atom is 2.00 e. The Bertz CT molecular complexity index is 87.8. The van der Waals surface area contributed by atoms with E-state index < -0.39 is 12.1 Å². The maximum atomic E-state index is 10.5. The summed E-state index contributed by atoms with van der Waals surface area (Å²) in [4.78, 5) is 8.78. The van der Waals surface area contributed by atoms with Crippen LogP contribution in [0.5, 0.6) is 0 Å². The Morgan fingerprint density at radius 3 is 1.50 bits per heavy atom. The van der Waals surface area contributed by atoms with Crippen LogP contribution in [0.15, 0.2) is 0 Å². The molecule has 0 spiro atoms. The fraction of sp³-hybridized carbons (Fsp3) is 0.500. The SMILES string of the molecule is O=C([O-])C(F)(F)F.[Rh+2]. The molecule has 0 rings (SSSR count). The number of hydrogen-bond acceptors (Lipinski definition) is 2. The van der Waals surface area contributed by atoms with E-state index in [2.05, 4.69) is 0 Å². The Balaban J connectivity index is 0. The number of hydrogen-bond donors (Lipinski definition) is 0. The van der Waals surface area contributed by atoms with E-state index in [0.717, 1.165) is 0 Å². The van der Waals surface area contributed by atoms with E-state index in [1.54, 1.807) is 0 Å². The molecule has 8 heavy (non-hydrogen) atoms. The number of carboxylic acids is 1. The molecule has 49 valence electrons. The molecule has 0 unspecified atom stereocenters. The van der Waals surface area contributed by atoms with Crippen LogP contribution in [0.25, 0.3) is 0 Å². The number of rotatable bonds is 0. The molecule has 0 aromatic heterocycles. The van der Waals surface area contributed by atoms with Gasteiger partial charge in [-0.3, -0.25) is 0 Å². The summed E-state index contributed by atoms with van der Waals surface area (Å²) in [6.07, 6.45) is -5.19. The standard InChI is InChI=1S/C2HF3O2.Rh/c3-2(4,5)1(6)7;/h(H,6,7);/q;+2/p-1. The molecule has 0 N–H and O–H groups in total. The molecular formula is C2F3O2Rh+. The van der Waals surface area contributed by atoms with E-state index >= 15 is 0 Å². The predicted octanol–water partition coefficient (Wildman–Crippen LogP) is -0.704. The topological polar surface area (TPSA) is 40.1 Å². The predicted molar refractivity (Wildman–Crippen MR) is 11.1 cm³/mol. The fourth-order valence-corrected chi connectivity index (χ4v) is 0. The molecule has 0 saturated heterocycles. The zero-order valence-corrected chi connectivity index (χ0v) is 4.92. The molecule has 1 radical (unpaired) electrons. The van der Waals surface area contributed by atoms with E-state index in [0.29, 0.717) is 0 Å². The summed E-state index contributed by atoms with van der Waals surface area (Å²) in [6.45, 7) is 0. The van der Waals surface area contributed by atoms with Crippen molar-refractivity contribution in [3.63, 3.8) is 0 Å². The summed E-state index contributed by atoms with van der Waals surface area (Å²) in [7, 11) is 0. The van der Waals surface area contributed by atoms with Crippen molar-refractivity contribution in [3.05, 3.63) is 0 Å². The van der Waals surface area contributed by atoms with Gasteiger partial charge in [0.2, 0.25) is 0 Å². The van der Waals surface area contributed by atoms with E-state index in [1.165, 1.54) is 0 Å². The van der Waals surface area contributed by atoms with Crippen molar-refractivity contribution in [2.75, 3.05) is 0 Å². The number of alkyl halides is 3. The average Bonchev–Trinajstić information content (AvgIpc) is 1.31. The van der Waals surface area contributed by atoms with Crippen molar-refractivity contribution in [3.8, 4) is 0 Å². The number of halogens is 3. The summed E-state index contributed by atoms with van der Waals surface area (Å²) in [5.74, 6) is -3.01. The first-order valence-electron chi connectivity index (χ1n) is 1.23. The van der Waals surface area contributed by atoms with Gasteiger partial charge in [0.05, 0.1) is 0 Å². The zero-order valence-electron chi connectivity index (χ0n) is 3.28. The minimum absolute atomic E-state index is 0. The minimum atomic E-state index is -5.19. The summed E-state index contributed by atoms with van der Waals surface area (Å²) in [5, 5.41) is 8.78. The second kappa shape index (κ2) is 3.02. The van der Waals surface area contributed by atoms with Crippen LogP contribution in [0.3, 0.4) is 0 Å². The zero-order chi connectivity index (χ0) is 6.08. The van der Waals surface area contributed by atoms with Crippen LogP contribution in [-0.2, 0) is 24.3 Å². The summed E-state index contributed by atoms with van der Waals surface area (Å²) >= 11 is 0. The van der Waals surface area contributed by atoms with Crippen molar-refractivity contribution in [1.29, 1.82) is 0 Å². The molecule has 0 saturated carbocycles. The van der Waals surface area contributed by atoms with Gasteiger partial charge in [0, 0.05) is 0 Å².